The minimum atomic E-state index is 0.181. The van der Waals surface area contributed by atoms with Gasteiger partial charge < -0.3 is 4.90 Å². The minimum absolute atomic E-state index is 0.181. The Morgan fingerprint density at radius 1 is 1.20 bits per heavy atom. The molecule has 1 aliphatic heterocycles. The molecular formula is C18H19ClN4OS. The number of thioether (sulfide) groups is 1. The number of benzene rings is 1. The van der Waals surface area contributed by atoms with E-state index in [1.54, 1.807) is 0 Å². The van der Waals surface area contributed by atoms with E-state index in [2.05, 4.69) is 10.2 Å². The molecule has 0 spiro atoms. The number of hydrogen-bond donors (Lipinski definition) is 0. The Morgan fingerprint density at radius 2 is 2.00 bits per heavy atom. The van der Waals surface area contributed by atoms with E-state index in [1.165, 1.54) is 18.2 Å². The van der Waals surface area contributed by atoms with Gasteiger partial charge in [0, 0.05) is 23.5 Å². The largest absolute Gasteiger partial charge is 0.342 e. The molecule has 5 nitrogen and oxygen atoms in total. The van der Waals surface area contributed by atoms with E-state index in [1.807, 2.05) is 40.5 Å². The third-order valence-corrected chi connectivity index (χ3v) is 5.81. The second-order valence-electron chi connectivity index (χ2n) is 6.40. The monoisotopic (exact) mass is 374 g/mol. The average Bonchev–Trinajstić information content (AvgIpc) is 3.03. The zero-order chi connectivity index (χ0) is 17.4. The van der Waals surface area contributed by atoms with Crippen molar-refractivity contribution in [2.75, 3.05) is 18.8 Å². The number of hydrogen-bond acceptors (Lipinski definition) is 4. The molecule has 0 atom stereocenters. The lowest BCUT2D eigenvalue weighted by Gasteiger charge is -2.26. The van der Waals surface area contributed by atoms with Gasteiger partial charge in [-0.05, 0) is 56.0 Å². The Bertz CT molecular complexity index is 949. The van der Waals surface area contributed by atoms with Gasteiger partial charge in [-0.15, -0.1) is 10.2 Å². The molecule has 3 heterocycles. The van der Waals surface area contributed by atoms with Crippen LogP contribution in [0.2, 0.25) is 5.02 Å². The number of nitrogens with zero attached hydrogens (tertiary/aromatic N) is 4. The molecule has 4 rings (SSSR count). The SMILES string of the molecule is Cc1cc2nnc(SCC(=O)N3CCCCC3)n2c2ccc(Cl)cc12. The topological polar surface area (TPSA) is 50.5 Å². The highest BCUT2D eigenvalue weighted by Crippen LogP contribution is 2.28. The number of fused-ring (bicyclic) bond motifs is 3. The van der Waals surface area contributed by atoms with Gasteiger partial charge in [0.25, 0.3) is 0 Å². The van der Waals surface area contributed by atoms with Gasteiger partial charge in [0.1, 0.15) is 0 Å². The molecule has 0 aliphatic carbocycles. The van der Waals surface area contributed by atoms with Gasteiger partial charge >= 0.3 is 0 Å². The van der Waals surface area contributed by atoms with E-state index in [-0.39, 0.29) is 5.91 Å². The summed E-state index contributed by atoms with van der Waals surface area (Å²) in [5.74, 6) is 0.574. The molecule has 1 amide bonds. The maximum absolute atomic E-state index is 12.4. The number of carbonyl (C=O) groups is 1. The lowest BCUT2D eigenvalue weighted by Crippen LogP contribution is -2.36. The maximum atomic E-state index is 12.4. The summed E-state index contributed by atoms with van der Waals surface area (Å²) in [6.07, 6.45) is 3.43. The van der Waals surface area contributed by atoms with Gasteiger partial charge in [-0.1, -0.05) is 23.4 Å². The van der Waals surface area contributed by atoms with Crippen molar-refractivity contribution in [3.05, 3.63) is 34.9 Å². The zero-order valence-electron chi connectivity index (χ0n) is 14.0. The Labute approximate surface area is 155 Å². The molecule has 1 saturated heterocycles. The maximum Gasteiger partial charge on any atom is 0.233 e. The van der Waals surface area contributed by atoms with Crippen LogP contribution in [0.1, 0.15) is 24.8 Å². The van der Waals surface area contributed by atoms with Gasteiger partial charge in [0.05, 0.1) is 11.3 Å². The first-order chi connectivity index (χ1) is 12.1. The molecule has 7 heteroatoms. The number of carbonyl (C=O) groups excluding carboxylic acids is 1. The number of amides is 1. The summed E-state index contributed by atoms with van der Waals surface area (Å²) in [4.78, 5) is 14.4. The van der Waals surface area contributed by atoms with Crippen LogP contribution in [0.3, 0.4) is 0 Å². The van der Waals surface area contributed by atoms with Crippen LogP contribution < -0.4 is 0 Å². The van der Waals surface area contributed by atoms with E-state index in [9.17, 15) is 4.79 Å². The molecule has 0 saturated carbocycles. The van der Waals surface area contributed by atoms with Crippen molar-refractivity contribution in [3.63, 3.8) is 0 Å². The Balaban J connectivity index is 1.65. The van der Waals surface area contributed by atoms with Crippen molar-refractivity contribution in [2.45, 2.75) is 31.3 Å². The van der Waals surface area contributed by atoms with Crippen LogP contribution in [0.15, 0.2) is 29.4 Å². The highest BCUT2D eigenvalue weighted by molar-refractivity contribution is 7.99. The summed E-state index contributed by atoms with van der Waals surface area (Å²) in [5.41, 5.74) is 2.91. The quantitative estimate of drug-likeness (QED) is 0.651. The molecule has 0 N–H and O–H groups in total. The number of halogens is 1. The molecule has 1 aliphatic rings. The molecule has 0 bridgehead atoms. The first-order valence-electron chi connectivity index (χ1n) is 8.48. The van der Waals surface area contributed by atoms with Crippen LogP contribution in [0, 0.1) is 6.92 Å². The van der Waals surface area contributed by atoms with E-state index < -0.39 is 0 Å². The molecule has 1 aromatic carbocycles. The Hall–Kier alpha value is -1.79. The highest BCUT2D eigenvalue weighted by Gasteiger charge is 2.18. The van der Waals surface area contributed by atoms with Crippen LogP contribution >= 0.6 is 23.4 Å². The van der Waals surface area contributed by atoms with Gasteiger partial charge in [0.2, 0.25) is 5.91 Å². The molecule has 130 valence electrons. The first-order valence-corrected chi connectivity index (χ1v) is 9.84. The van der Waals surface area contributed by atoms with Crippen molar-refractivity contribution >= 4 is 45.8 Å². The van der Waals surface area contributed by atoms with Crippen molar-refractivity contribution in [3.8, 4) is 0 Å². The average molecular weight is 375 g/mol. The highest BCUT2D eigenvalue weighted by atomic mass is 35.5. The van der Waals surface area contributed by atoms with Crippen molar-refractivity contribution in [2.24, 2.45) is 0 Å². The summed E-state index contributed by atoms with van der Waals surface area (Å²) < 4.78 is 2.01. The van der Waals surface area contributed by atoms with Crippen molar-refractivity contribution < 1.29 is 4.79 Å². The van der Waals surface area contributed by atoms with Crippen LogP contribution in [-0.2, 0) is 4.79 Å². The summed E-state index contributed by atoms with van der Waals surface area (Å²) in [7, 11) is 0. The van der Waals surface area contributed by atoms with Crippen LogP contribution in [0.4, 0.5) is 0 Å². The smallest absolute Gasteiger partial charge is 0.233 e. The van der Waals surface area contributed by atoms with E-state index >= 15 is 0 Å². The number of aryl methyl sites for hydroxylation is 1. The first kappa shape index (κ1) is 16.7. The Morgan fingerprint density at radius 3 is 2.80 bits per heavy atom. The molecule has 1 fully saturated rings. The molecule has 2 aromatic heterocycles. The van der Waals surface area contributed by atoms with Gasteiger partial charge in [-0.25, -0.2) is 0 Å². The Kier molecular flexibility index (Phi) is 4.56. The second-order valence-corrected chi connectivity index (χ2v) is 7.77. The summed E-state index contributed by atoms with van der Waals surface area (Å²) in [5, 5.41) is 11.1. The zero-order valence-corrected chi connectivity index (χ0v) is 15.6. The third-order valence-electron chi connectivity index (χ3n) is 4.66. The van der Waals surface area contributed by atoms with Crippen LogP contribution in [-0.4, -0.2) is 44.2 Å². The van der Waals surface area contributed by atoms with Crippen molar-refractivity contribution in [1.82, 2.24) is 19.5 Å². The second kappa shape index (κ2) is 6.84. The van der Waals surface area contributed by atoms with E-state index in [0.29, 0.717) is 10.8 Å². The van der Waals surface area contributed by atoms with Crippen LogP contribution in [0.5, 0.6) is 0 Å². The molecule has 0 unspecified atom stereocenters. The van der Waals surface area contributed by atoms with Gasteiger partial charge in [-0.2, -0.15) is 0 Å². The lowest BCUT2D eigenvalue weighted by molar-refractivity contribution is -0.129. The fraction of sp³-hybridized carbons (Fsp3) is 0.389. The fourth-order valence-electron chi connectivity index (χ4n) is 3.35. The van der Waals surface area contributed by atoms with Crippen molar-refractivity contribution in [1.29, 1.82) is 0 Å². The normalized spacial score (nSPS) is 15.2. The minimum Gasteiger partial charge on any atom is -0.342 e. The molecule has 3 aromatic rings. The third kappa shape index (κ3) is 3.20. The summed E-state index contributed by atoms with van der Waals surface area (Å²) >= 11 is 7.60. The number of pyridine rings is 1. The van der Waals surface area contributed by atoms with Gasteiger partial charge in [-0.3, -0.25) is 9.20 Å². The molecular weight excluding hydrogens is 356 g/mol. The number of piperidine rings is 1. The number of rotatable bonds is 3. The van der Waals surface area contributed by atoms with Crippen LogP contribution in [0.25, 0.3) is 16.6 Å². The van der Waals surface area contributed by atoms with E-state index in [4.69, 9.17) is 11.6 Å². The predicted molar refractivity (Wildman–Crippen MR) is 101 cm³/mol. The fourth-order valence-corrected chi connectivity index (χ4v) is 4.37. The van der Waals surface area contributed by atoms with E-state index in [0.717, 1.165) is 53.2 Å². The van der Waals surface area contributed by atoms with Gasteiger partial charge in [0.15, 0.2) is 10.8 Å². The lowest BCUT2D eigenvalue weighted by atomic mass is 10.1. The molecule has 25 heavy (non-hydrogen) atoms. The number of likely N-dealkylation sites (tertiary alicyclic amines) is 1. The number of aromatic nitrogens is 3. The summed E-state index contributed by atoms with van der Waals surface area (Å²) in [6.45, 7) is 3.79. The summed E-state index contributed by atoms with van der Waals surface area (Å²) in [6, 6.07) is 7.81. The standard InChI is InChI=1S/C18H19ClN4OS/c1-12-9-16-20-21-18(23(16)15-6-5-13(19)10-14(12)15)25-11-17(24)22-7-3-2-4-8-22/h5-6,9-10H,2-4,7-8,11H2,1H3. The molecule has 0 radical (unpaired) electrons. The predicted octanol–water partition coefficient (Wildman–Crippen LogP) is 3.95.